The average molecular weight is 258 g/mol. The quantitative estimate of drug-likeness (QED) is 0.842. The van der Waals surface area contributed by atoms with Crippen LogP contribution in [-0.4, -0.2) is 7.05 Å². The van der Waals surface area contributed by atoms with E-state index < -0.39 is 5.82 Å². The Bertz CT molecular complexity index is 632. The predicted octanol–water partition coefficient (Wildman–Crippen LogP) is 3.47. The van der Waals surface area contributed by atoms with Gasteiger partial charge in [0.2, 0.25) is 0 Å². The lowest BCUT2D eigenvalue weighted by atomic mass is 10.1. The van der Waals surface area contributed by atoms with Gasteiger partial charge in [-0.3, -0.25) is 0 Å². The van der Waals surface area contributed by atoms with Gasteiger partial charge in [0.25, 0.3) is 0 Å². The molecule has 0 saturated carbocycles. The summed E-state index contributed by atoms with van der Waals surface area (Å²) in [6.07, 6.45) is 0. The molecule has 0 bridgehead atoms. The minimum atomic E-state index is -0.460. The number of halogens is 2. The lowest BCUT2D eigenvalue weighted by molar-refractivity contribution is 0.618. The maximum Gasteiger partial charge on any atom is 0.147 e. The van der Waals surface area contributed by atoms with E-state index in [1.807, 2.05) is 6.07 Å². The first-order valence-corrected chi connectivity index (χ1v) is 5.75. The summed E-state index contributed by atoms with van der Waals surface area (Å²) < 4.78 is 26.9. The summed E-state index contributed by atoms with van der Waals surface area (Å²) in [5, 5.41) is 8.69. The van der Waals surface area contributed by atoms with Crippen LogP contribution in [0.15, 0.2) is 42.5 Å². The molecule has 0 spiro atoms. The molecule has 0 amide bonds. The third-order valence-corrected chi connectivity index (χ3v) is 2.80. The Hall–Kier alpha value is -2.41. The first-order valence-electron chi connectivity index (χ1n) is 5.75. The normalized spacial score (nSPS) is 10.0. The van der Waals surface area contributed by atoms with Crippen molar-refractivity contribution < 1.29 is 8.78 Å². The fourth-order valence-corrected chi connectivity index (χ4v) is 1.88. The number of rotatable bonds is 3. The zero-order valence-electron chi connectivity index (χ0n) is 10.4. The van der Waals surface area contributed by atoms with E-state index in [0.29, 0.717) is 12.2 Å². The molecule has 0 fully saturated rings. The highest BCUT2D eigenvalue weighted by Gasteiger charge is 2.09. The van der Waals surface area contributed by atoms with Crippen LogP contribution in [0.2, 0.25) is 0 Å². The van der Waals surface area contributed by atoms with Crippen molar-refractivity contribution in [2.75, 3.05) is 11.9 Å². The van der Waals surface area contributed by atoms with E-state index in [9.17, 15) is 8.78 Å². The maximum atomic E-state index is 13.8. The van der Waals surface area contributed by atoms with Gasteiger partial charge in [-0.2, -0.15) is 5.26 Å². The third kappa shape index (κ3) is 3.08. The summed E-state index contributed by atoms with van der Waals surface area (Å²) in [6.45, 7) is 0.389. The Kier molecular flexibility index (Phi) is 3.76. The molecule has 0 atom stereocenters. The fraction of sp³-hybridized carbons (Fsp3) is 0.133. The zero-order chi connectivity index (χ0) is 13.8. The molecular formula is C15H12F2N2. The van der Waals surface area contributed by atoms with Crippen LogP contribution in [-0.2, 0) is 6.54 Å². The van der Waals surface area contributed by atoms with Crippen LogP contribution in [0, 0.1) is 23.0 Å². The summed E-state index contributed by atoms with van der Waals surface area (Å²) in [5.41, 5.74) is 1.41. The molecule has 0 aliphatic carbocycles. The van der Waals surface area contributed by atoms with Crippen molar-refractivity contribution in [1.82, 2.24) is 0 Å². The van der Waals surface area contributed by atoms with Crippen LogP contribution in [0.3, 0.4) is 0 Å². The Morgan fingerprint density at radius 2 is 1.95 bits per heavy atom. The van der Waals surface area contributed by atoms with Crippen LogP contribution in [0.5, 0.6) is 0 Å². The van der Waals surface area contributed by atoms with Crippen molar-refractivity contribution in [1.29, 1.82) is 5.26 Å². The highest BCUT2D eigenvalue weighted by molar-refractivity contribution is 5.51. The Balaban J connectivity index is 2.21. The minimum Gasteiger partial charge on any atom is -0.368 e. The molecule has 0 saturated heterocycles. The SMILES string of the molecule is CN(Cc1cccc(F)c1)c1ccc(C#N)cc1F. The third-order valence-electron chi connectivity index (χ3n) is 2.80. The first-order chi connectivity index (χ1) is 9.10. The van der Waals surface area contributed by atoms with Crippen molar-refractivity contribution >= 4 is 5.69 Å². The number of nitrogens with zero attached hydrogens (tertiary/aromatic N) is 2. The second kappa shape index (κ2) is 5.49. The summed E-state index contributed by atoms with van der Waals surface area (Å²) in [5.74, 6) is -0.774. The number of hydrogen-bond donors (Lipinski definition) is 0. The molecule has 0 radical (unpaired) electrons. The van der Waals surface area contributed by atoms with Gasteiger partial charge in [0.05, 0.1) is 17.3 Å². The molecule has 19 heavy (non-hydrogen) atoms. The lowest BCUT2D eigenvalue weighted by Crippen LogP contribution is -2.17. The average Bonchev–Trinajstić information content (AvgIpc) is 2.38. The predicted molar refractivity (Wildman–Crippen MR) is 69.6 cm³/mol. The van der Waals surface area contributed by atoms with Gasteiger partial charge in [-0.1, -0.05) is 12.1 Å². The molecule has 0 N–H and O–H groups in total. The van der Waals surface area contributed by atoms with Crippen LogP contribution < -0.4 is 4.90 Å². The summed E-state index contributed by atoms with van der Waals surface area (Å²) in [7, 11) is 1.72. The monoisotopic (exact) mass is 258 g/mol. The molecule has 2 nitrogen and oxygen atoms in total. The molecule has 0 aliphatic heterocycles. The van der Waals surface area contributed by atoms with Gasteiger partial charge in [0, 0.05) is 13.6 Å². The van der Waals surface area contributed by atoms with Crippen LogP contribution in [0.4, 0.5) is 14.5 Å². The molecule has 2 aromatic carbocycles. The summed E-state index contributed by atoms with van der Waals surface area (Å²) in [6, 6.07) is 12.4. The standard InChI is InChI=1S/C15H12F2N2/c1-19(10-12-3-2-4-13(16)7-12)15-6-5-11(9-18)8-14(15)17/h2-8H,10H2,1H3. The molecule has 0 unspecified atom stereocenters. The van der Waals surface area contributed by atoms with Crippen molar-refractivity contribution in [2.45, 2.75) is 6.54 Å². The van der Waals surface area contributed by atoms with Gasteiger partial charge < -0.3 is 4.90 Å². The Morgan fingerprint density at radius 3 is 2.58 bits per heavy atom. The van der Waals surface area contributed by atoms with E-state index in [4.69, 9.17) is 5.26 Å². The Morgan fingerprint density at radius 1 is 1.16 bits per heavy atom. The van der Waals surface area contributed by atoms with Crippen LogP contribution in [0.1, 0.15) is 11.1 Å². The molecule has 2 rings (SSSR count). The molecule has 0 aromatic heterocycles. The van der Waals surface area contributed by atoms with Crippen molar-refractivity contribution in [2.24, 2.45) is 0 Å². The van der Waals surface area contributed by atoms with Crippen molar-refractivity contribution in [3.05, 3.63) is 65.2 Å². The molecule has 0 aliphatic rings. The van der Waals surface area contributed by atoms with E-state index in [-0.39, 0.29) is 11.4 Å². The zero-order valence-corrected chi connectivity index (χ0v) is 10.4. The maximum absolute atomic E-state index is 13.8. The summed E-state index contributed by atoms with van der Waals surface area (Å²) in [4.78, 5) is 1.67. The van der Waals surface area contributed by atoms with Gasteiger partial charge in [-0.25, -0.2) is 8.78 Å². The molecule has 2 aromatic rings. The summed E-state index contributed by atoms with van der Waals surface area (Å²) >= 11 is 0. The molecular weight excluding hydrogens is 246 g/mol. The smallest absolute Gasteiger partial charge is 0.147 e. The second-order valence-electron chi connectivity index (χ2n) is 4.26. The fourth-order valence-electron chi connectivity index (χ4n) is 1.88. The van der Waals surface area contributed by atoms with E-state index in [0.717, 1.165) is 5.56 Å². The topological polar surface area (TPSA) is 27.0 Å². The molecule has 96 valence electrons. The molecule has 0 heterocycles. The number of nitriles is 1. The van der Waals surface area contributed by atoms with Crippen molar-refractivity contribution in [3.8, 4) is 6.07 Å². The largest absolute Gasteiger partial charge is 0.368 e. The highest BCUT2D eigenvalue weighted by atomic mass is 19.1. The van der Waals surface area contributed by atoms with Gasteiger partial charge in [0.1, 0.15) is 11.6 Å². The van der Waals surface area contributed by atoms with Crippen LogP contribution in [0.25, 0.3) is 0 Å². The number of hydrogen-bond acceptors (Lipinski definition) is 2. The van der Waals surface area contributed by atoms with E-state index >= 15 is 0 Å². The minimum absolute atomic E-state index is 0.278. The van der Waals surface area contributed by atoms with Gasteiger partial charge in [-0.15, -0.1) is 0 Å². The van der Waals surface area contributed by atoms with E-state index in [1.165, 1.54) is 18.2 Å². The number of benzene rings is 2. The Labute approximate surface area is 110 Å². The first kappa shape index (κ1) is 13.0. The van der Waals surface area contributed by atoms with Crippen LogP contribution >= 0.6 is 0 Å². The number of anilines is 1. The lowest BCUT2D eigenvalue weighted by Gasteiger charge is -2.20. The van der Waals surface area contributed by atoms with Gasteiger partial charge in [0.15, 0.2) is 0 Å². The molecule has 4 heteroatoms. The van der Waals surface area contributed by atoms with Crippen molar-refractivity contribution in [3.63, 3.8) is 0 Å². The van der Waals surface area contributed by atoms with E-state index in [2.05, 4.69) is 0 Å². The van der Waals surface area contributed by atoms with E-state index in [1.54, 1.807) is 36.2 Å². The second-order valence-corrected chi connectivity index (χ2v) is 4.26. The highest BCUT2D eigenvalue weighted by Crippen LogP contribution is 2.21. The van der Waals surface area contributed by atoms with Gasteiger partial charge >= 0.3 is 0 Å². The van der Waals surface area contributed by atoms with Gasteiger partial charge in [-0.05, 0) is 35.9 Å².